The van der Waals surface area contributed by atoms with Crippen molar-refractivity contribution in [2.75, 3.05) is 19.7 Å². The summed E-state index contributed by atoms with van der Waals surface area (Å²) in [5.41, 5.74) is 1.96. The van der Waals surface area contributed by atoms with E-state index < -0.39 is 29.5 Å². The second-order valence-electron chi connectivity index (χ2n) is 10.5. The number of nitrogens with zero attached hydrogens (tertiary/aromatic N) is 4. The number of carboxylic acid groups (broad SMARTS) is 1. The van der Waals surface area contributed by atoms with E-state index in [-0.39, 0.29) is 19.0 Å². The molecule has 9 nitrogen and oxygen atoms in total. The quantitative estimate of drug-likeness (QED) is 0.218. The Bertz CT molecular complexity index is 1640. The molecule has 0 saturated carbocycles. The van der Waals surface area contributed by atoms with Gasteiger partial charge in [0.25, 0.3) is 0 Å². The van der Waals surface area contributed by atoms with E-state index in [4.69, 9.17) is 9.47 Å². The molecule has 1 aliphatic heterocycles. The van der Waals surface area contributed by atoms with Crippen molar-refractivity contribution in [3.05, 3.63) is 94.8 Å². The first-order chi connectivity index (χ1) is 21.0. The lowest BCUT2D eigenvalue weighted by molar-refractivity contribution is -0.143. The van der Waals surface area contributed by atoms with Crippen molar-refractivity contribution in [1.29, 1.82) is 0 Å². The minimum atomic E-state index is -4.89. The fourth-order valence-corrected chi connectivity index (χ4v) is 5.27. The molecule has 4 aromatic rings. The van der Waals surface area contributed by atoms with Gasteiger partial charge in [-0.3, -0.25) is 0 Å². The first-order valence-corrected chi connectivity index (χ1v) is 14.2. The van der Waals surface area contributed by atoms with Gasteiger partial charge in [-0.15, -0.1) is 0 Å². The average molecular weight is 609 g/mol. The summed E-state index contributed by atoms with van der Waals surface area (Å²) >= 11 is 0. The second kappa shape index (κ2) is 12.8. The highest BCUT2D eigenvalue weighted by molar-refractivity contribution is 5.90. The Labute approximate surface area is 251 Å². The van der Waals surface area contributed by atoms with Crippen molar-refractivity contribution in [2.24, 2.45) is 0 Å². The molecule has 0 atom stereocenters. The van der Waals surface area contributed by atoms with Gasteiger partial charge in [-0.05, 0) is 68.0 Å². The zero-order valence-corrected chi connectivity index (χ0v) is 24.2. The number of esters is 1. The number of aryl methyl sites for hydroxylation is 1. The molecule has 1 N–H and O–H groups in total. The highest BCUT2D eigenvalue weighted by Crippen LogP contribution is 2.35. The molecule has 44 heavy (non-hydrogen) atoms. The number of ether oxygens (including phenoxy) is 2. The van der Waals surface area contributed by atoms with Gasteiger partial charge in [0.1, 0.15) is 17.9 Å². The van der Waals surface area contributed by atoms with Crippen LogP contribution >= 0.6 is 0 Å². The van der Waals surface area contributed by atoms with Crippen molar-refractivity contribution in [3.8, 4) is 22.8 Å². The summed E-state index contributed by atoms with van der Waals surface area (Å²) in [6.45, 7) is 4.59. The molecule has 12 heteroatoms. The van der Waals surface area contributed by atoms with Crippen LogP contribution in [0.25, 0.3) is 17.1 Å². The maximum absolute atomic E-state index is 14.1. The van der Waals surface area contributed by atoms with E-state index in [0.717, 1.165) is 35.7 Å². The minimum absolute atomic E-state index is 0.0801. The standard InChI is InChI=1S/C32H31F3N4O5/c1-3-43-30(40)25-18-36-39(29(25)32(33,34)35)28-6-4-5-26(37-28)24-17-20(2)7-12-27(24)44-19-21-8-10-22(11-9-21)23-13-15-38(16-14-23)31(41)42/h4-12,17-18,23H,3,13-16,19H2,1-2H3,(H,41,42). The summed E-state index contributed by atoms with van der Waals surface area (Å²) in [6, 6.07) is 18.1. The van der Waals surface area contributed by atoms with Crippen LogP contribution in [-0.4, -0.2) is 56.5 Å². The van der Waals surface area contributed by atoms with Crippen LogP contribution in [0.5, 0.6) is 5.75 Å². The molecule has 0 bridgehead atoms. The molecule has 5 rings (SSSR count). The Morgan fingerprint density at radius 2 is 1.77 bits per heavy atom. The first kappa shape index (κ1) is 30.6. The number of likely N-dealkylation sites (tertiary alicyclic amines) is 1. The van der Waals surface area contributed by atoms with Gasteiger partial charge in [0.2, 0.25) is 0 Å². The van der Waals surface area contributed by atoms with Crippen LogP contribution in [-0.2, 0) is 17.5 Å². The number of aromatic nitrogens is 3. The normalized spacial score (nSPS) is 14.0. The van der Waals surface area contributed by atoms with Gasteiger partial charge in [0, 0.05) is 18.7 Å². The lowest BCUT2D eigenvalue weighted by Crippen LogP contribution is -2.36. The van der Waals surface area contributed by atoms with Crippen molar-refractivity contribution in [3.63, 3.8) is 0 Å². The Hall–Kier alpha value is -4.87. The fourth-order valence-electron chi connectivity index (χ4n) is 5.27. The molecular formula is C32H31F3N4O5. The van der Waals surface area contributed by atoms with E-state index in [2.05, 4.69) is 10.1 Å². The van der Waals surface area contributed by atoms with E-state index in [9.17, 15) is 27.9 Å². The number of hydrogen-bond donors (Lipinski definition) is 1. The highest BCUT2D eigenvalue weighted by atomic mass is 19.4. The van der Waals surface area contributed by atoms with E-state index in [1.165, 1.54) is 17.9 Å². The fraction of sp³-hybridized carbons (Fsp3) is 0.312. The Morgan fingerprint density at radius 3 is 2.43 bits per heavy atom. The van der Waals surface area contributed by atoms with Crippen LogP contribution in [0.3, 0.4) is 0 Å². The molecule has 2 aromatic heterocycles. The van der Waals surface area contributed by atoms with Crippen LogP contribution in [0.15, 0.2) is 66.9 Å². The third-order valence-electron chi connectivity index (χ3n) is 7.51. The maximum Gasteiger partial charge on any atom is 0.434 e. The van der Waals surface area contributed by atoms with Crippen LogP contribution < -0.4 is 4.74 Å². The monoisotopic (exact) mass is 608 g/mol. The Balaban J connectivity index is 1.36. The van der Waals surface area contributed by atoms with E-state index in [1.807, 2.05) is 43.3 Å². The van der Waals surface area contributed by atoms with E-state index >= 15 is 0 Å². The van der Waals surface area contributed by atoms with Gasteiger partial charge < -0.3 is 19.5 Å². The van der Waals surface area contributed by atoms with Crippen molar-refractivity contribution < 1.29 is 37.3 Å². The molecule has 1 fully saturated rings. The molecule has 0 spiro atoms. The zero-order chi connectivity index (χ0) is 31.4. The van der Waals surface area contributed by atoms with Crippen molar-refractivity contribution in [1.82, 2.24) is 19.7 Å². The van der Waals surface area contributed by atoms with Crippen LogP contribution in [0.4, 0.5) is 18.0 Å². The summed E-state index contributed by atoms with van der Waals surface area (Å²) in [7, 11) is 0. The van der Waals surface area contributed by atoms with Crippen molar-refractivity contribution in [2.45, 2.75) is 45.4 Å². The Morgan fingerprint density at radius 1 is 1.05 bits per heavy atom. The zero-order valence-electron chi connectivity index (χ0n) is 24.2. The second-order valence-corrected chi connectivity index (χ2v) is 10.5. The molecule has 230 valence electrons. The average Bonchev–Trinajstić information content (AvgIpc) is 3.48. The number of hydrogen-bond acceptors (Lipinski definition) is 6. The Kier molecular flexibility index (Phi) is 8.88. The third-order valence-corrected chi connectivity index (χ3v) is 7.51. The largest absolute Gasteiger partial charge is 0.488 e. The lowest BCUT2D eigenvalue weighted by Gasteiger charge is -2.30. The summed E-state index contributed by atoms with van der Waals surface area (Å²) in [4.78, 5) is 29.3. The van der Waals surface area contributed by atoms with Gasteiger partial charge in [0.15, 0.2) is 11.5 Å². The smallest absolute Gasteiger partial charge is 0.434 e. The van der Waals surface area contributed by atoms with Crippen LogP contribution in [0.1, 0.15) is 58.4 Å². The maximum atomic E-state index is 14.1. The van der Waals surface area contributed by atoms with Gasteiger partial charge in [-0.1, -0.05) is 42.0 Å². The van der Waals surface area contributed by atoms with E-state index in [0.29, 0.717) is 40.7 Å². The number of alkyl halides is 3. The number of piperidine rings is 1. The molecule has 0 unspecified atom stereocenters. The number of amides is 1. The van der Waals surface area contributed by atoms with Crippen LogP contribution in [0.2, 0.25) is 0 Å². The number of rotatable bonds is 8. The number of pyridine rings is 1. The predicted octanol–water partition coefficient (Wildman–Crippen LogP) is 6.87. The summed E-state index contributed by atoms with van der Waals surface area (Å²) in [6.07, 6.45) is -3.40. The summed E-state index contributed by atoms with van der Waals surface area (Å²) in [5, 5.41) is 13.0. The molecule has 0 radical (unpaired) electrons. The number of halogens is 3. The van der Waals surface area contributed by atoms with Gasteiger partial charge in [0.05, 0.1) is 18.5 Å². The third kappa shape index (κ3) is 6.69. The van der Waals surface area contributed by atoms with Gasteiger partial charge >= 0.3 is 18.2 Å². The predicted molar refractivity (Wildman–Crippen MR) is 155 cm³/mol. The number of benzene rings is 2. The molecule has 3 heterocycles. The van der Waals surface area contributed by atoms with Crippen molar-refractivity contribution >= 4 is 12.1 Å². The molecule has 1 aliphatic rings. The molecule has 1 saturated heterocycles. The first-order valence-electron chi connectivity index (χ1n) is 14.2. The van der Waals surface area contributed by atoms with Gasteiger partial charge in [-0.25, -0.2) is 19.3 Å². The highest BCUT2D eigenvalue weighted by Gasteiger charge is 2.41. The number of carbonyl (C=O) groups excluding carboxylic acids is 1. The summed E-state index contributed by atoms with van der Waals surface area (Å²) < 4.78 is 53.8. The topological polar surface area (TPSA) is 107 Å². The van der Waals surface area contributed by atoms with Crippen LogP contribution in [0, 0.1) is 6.92 Å². The summed E-state index contributed by atoms with van der Waals surface area (Å²) in [5.74, 6) is -0.450. The molecule has 1 amide bonds. The SMILES string of the molecule is CCOC(=O)c1cnn(-c2cccc(-c3cc(C)ccc3OCc3ccc(C4CCN(C(=O)O)CC4)cc3)n2)c1C(F)(F)F. The minimum Gasteiger partial charge on any atom is -0.488 e. The molecular weight excluding hydrogens is 577 g/mol. The molecule has 0 aliphatic carbocycles. The lowest BCUT2D eigenvalue weighted by atomic mass is 9.89. The van der Waals surface area contributed by atoms with E-state index in [1.54, 1.807) is 18.2 Å². The van der Waals surface area contributed by atoms with Gasteiger partial charge in [-0.2, -0.15) is 18.3 Å². The number of carbonyl (C=O) groups is 2. The molecule has 2 aromatic carbocycles.